The van der Waals surface area contributed by atoms with Crippen molar-refractivity contribution in [1.82, 2.24) is 15.5 Å². The van der Waals surface area contributed by atoms with Gasteiger partial charge in [-0.05, 0) is 24.3 Å². The molecule has 0 bridgehead atoms. The summed E-state index contributed by atoms with van der Waals surface area (Å²) in [4.78, 5) is 6.89. The zero-order valence-corrected chi connectivity index (χ0v) is 18.7. The molecule has 1 saturated heterocycles. The third kappa shape index (κ3) is 8.22. The molecule has 0 spiro atoms. The number of hydrogen-bond donors (Lipinski definition) is 2. The van der Waals surface area contributed by atoms with Gasteiger partial charge >= 0.3 is 0 Å². The van der Waals surface area contributed by atoms with Crippen molar-refractivity contribution in [2.45, 2.75) is 32.7 Å². The fraction of sp³-hybridized carbons (Fsp3) is 0.650. The number of aliphatic imine (C=N–C) groups is 1. The Bertz CT molecular complexity index is 504. The van der Waals surface area contributed by atoms with Gasteiger partial charge in [0.1, 0.15) is 0 Å². The standard InChI is InChI=1S/C20H34N4O.HI/c1-17(2)19(24-12-14-25-15-13-24)16-23-20(21-3)22-11-7-10-18-8-5-4-6-9-18;/h4-6,8-9,17,19H,7,10-16H2,1-3H3,(H2,21,22,23);1H. The minimum Gasteiger partial charge on any atom is -0.379 e. The number of halogens is 1. The zero-order chi connectivity index (χ0) is 17.9. The molecule has 2 rings (SSSR count). The van der Waals surface area contributed by atoms with Crippen LogP contribution < -0.4 is 10.6 Å². The van der Waals surface area contributed by atoms with E-state index < -0.39 is 0 Å². The predicted octanol–water partition coefficient (Wildman–Crippen LogP) is 2.76. The van der Waals surface area contributed by atoms with Crippen LogP contribution in [0.1, 0.15) is 25.8 Å². The van der Waals surface area contributed by atoms with Gasteiger partial charge in [0.25, 0.3) is 0 Å². The Morgan fingerprint density at radius 1 is 1.15 bits per heavy atom. The number of ether oxygens (including phenoxy) is 1. The van der Waals surface area contributed by atoms with Gasteiger partial charge in [0, 0.05) is 39.3 Å². The minimum absolute atomic E-state index is 0. The number of morpholine rings is 1. The Kier molecular flexibility index (Phi) is 11.9. The number of guanidine groups is 1. The molecule has 0 aromatic heterocycles. The molecule has 6 heteroatoms. The van der Waals surface area contributed by atoms with Crippen LogP contribution in [0.25, 0.3) is 0 Å². The van der Waals surface area contributed by atoms with E-state index in [1.54, 1.807) is 0 Å². The SMILES string of the molecule is CN=C(NCCCc1ccccc1)NCC(C(C)C)N1CCOCC1.I. The van der Waals surface area contributed by atoms with E-state index >= 15 is 0 Å². The Labute approximate surface area is 176 Å². The van der Waals surface area contributed by atoms with Crippen LogP contribution in [0.15, 0.2) is 35.3 Å². The molecule has 1 atom stereocenters. The van der Waals surface area contributed by atoms with Gasteiger partial charge in [-0.3, -0.25) is 9.89 Å². The highest BCUT2D eigenvalue weighted by Crippen LogP contribution is 2.12. The van der Waals surface area contributed by atoms with Crippen molar-refractivity contribution in [3.8, 4) is 0 Å². The molecule has 1 heterocycles. The molecule has 2 N–H and O–H groups in total. The molecule has 5 nitrogen and oxygen atoms in total. The van der Waals surface area contributed by atoms with Crippen LogP contribution in [0.5, 0.6) is 0 Å². The molecular formula is C20H35IN4O. The summed E-state index contributed by atoms with van der Waals surface area (Å²) >= 11 is 0. The summed E-state index contributed by atoms with van der Waals surface area (Å²) in [5, 5.41) is 6.94. The van der Waals surface area contributed by atoms with Gasteiger partial charge in [0.05, 0.1) is 13.2 Å². The molecule has 0 saturated carbocycles. The summed E-state index contributed by atoms with van der Waals surface area (Å²) in [6, 6.07) is 11.1. The van der Waals surface area contributed by atoms with Gasteiger partial charge in [-0.2, -0.15) is 0 Å². The smallest absolute Gasteiger partial charge is 0.191 e. The predicted molar refractivity (Wildman–Crippen MR) is 121 cm³/mol. The van der Waals surface area contributed by atoms with E-state index in [9.17, 15) is 0 Å². The lowest BCUT2D eigenvalue weighted by Crippen LogP contribution is -2.52. The van der Waals surface area contributed by atoms with Gasteiger partial charge in [-0.15, -0.1) is 24.0 Å². The third-order valence-corrected chi connectivity index (χ3v) is 4.76. The largest absolute Gasteiger partial charge is 0.379 e. The second kappa shape index (κ2) is 13.3. The van der Waals surface area contributed by atoms with Gasteiger partial charge in [-0.25, -0.2) is 0 Å². The fourth-order valence-electron chi connectivity index (χ4n) is 3.26. The molecule has 0 amide bonds. The maximum absolute atomic E-state index is 5.48. The fourth-order valence-corrected chi connectivity index (χ4v) is 3.26. The molecular weight excluding hydrogens is 439 g/mol. The average Bonchev–Trinajstić information content (AvgIpc) is 2.65. The molecule has 1 unspecified atom stereocenters. The first-order chi connectivity index (χ1) is 12.2. The molecule has 0 radical (unpaired) electrons. The Hall–Kier alpha value is -0.860. The molecule has 26 heavy (non-hydrogen) atoms. The van der Waals surface area contributed by atoms with Gasteiger partial charge in [0.15, 0.2) is 5.96 Å². The highest BCUT2D eigenvalue weighted by Gasteiger charge is 2.23. The Morgan fingerprint density at radius 2 is 1.85 bits per heavy atom. The second-order valence-corrected chi connectivity index (χ2v) is 6.93. The highest BCUT2D eigenvalue weighted by molar-refractivity contribution is 14.0. The van der Waals surface area contributed by atoms with Gasteiger partial charge in [0.2, 0.25) is 0 Å². The zero-order valence-electron chi connectivity index (χ0n) is 16.4. The molecule has 1 fully saturated rings. The molecule has 1 aliphatic rings. The summed E-state index contributed by atoms with van der Waals surface area (Å²) in [5.41, 5.74) is 1.39. The Morgan fingerprint density at radius 3 is 2.46 bits per heavy atom. The van der Waals surface area contributed by atoms with Crippen molar-refractivity contribution in [2.24, 2.45) is 10.9 Å². The molecule has 1 aliphatic heterocycles. The van der Waals surface area contributed by atoms with E-state index in [-0.39, 0.29) is 24.0 Å². The van der Waals surface area contributed by atoms with Gasteiger partial charge in [-0.1, -0.05) is 44.2 Å². The van der Waals surface area contributed by atoms with E-state index in [0.717, 1.165) is 58.2 Å². The van der Waals surface area contributed by atoms with E-state index in [2.05, 4.69) is 64.7 Å². The topological polar surface area (TPSA) is 48.9 Å². The summed E-state index contributed by atoms with van der Waals surface area (Å²) in [7, 11) is 1.84. The molecule has 1 aromatic carbocycles. The summed E-state index contributed by atoms with van der Waals surface area (Å²) in [6.45, 7) is 10.1. The van der Waals surface area contributed by atoms with Crippen LogP contribution >= 0.6 is 24.0 Å². The quantitative estimate of drug-likeness (QED) is 0.263. The Balaban J connectivity index is 0.00000338. The summed E-state index contributed by atoms with van der Waals surface area (Å²) in [6.07, 6.45) is 2.19. The molecule has 0 aliphatic carbocycles. The lowest BCUT2D eigenvalue weighted by molar-refractivity contribution is 0.00752. The maximum Gasteiger partial charge on any atom is 0.191 e. The van der Waals surface area contributed by atoms with Crippen LogP contribution in [0.3, 0.4) is 0 Å². The van der Waals surface area contributed by atoms with Crippen molar-refractivity contribution in [1.29, 1.82) is 0 Å². The van der Waals surface area contributed by atoms with Gasteiger partial charge < -0.3 is 15.4 Å². The lowest BCUT2D eigenvalue weighted by atomic mass is 10.0. The number of hydrogen-bond acceptors (Lipinski definition) is 3. The van der Waals surface area contributed by atoms with Crippen molar-refractivity contribution < 1.29 is 4.74 Å². The number of nitrogens with zero attached hydrogens (tertiary/aromatic N) is 2. The number of nitrogens with one attached hydrogen (secondary N) is 2. The first-order valence-corrected chi connectivity index (χ1v) is 9.51. The number of benzene rings is 1. The normalized spacial score (nSPS) is 16.8. The number of rotatable bonds is 8. The van der Waals surface area contributed by atoms with Crippen molar-refractivity contribution >= 4 is 29.9 Å². The lowest BCUT2D eigenvalue weighted by Gasteiger charge is -2.37. The van der Waals surface area contributed by atoms with Crippen molar-refractivity contribution in [3.05, 3.63) is 35.9 Å². The van der Waals surface area contributed by atoms with E-state index in [1.807, 2.05) is 7.05 Å². The van der Waals surface area contributed by atoms with Crippen molar-refractivity contribution in [3.63, 3.8) is 0 Å². The second-order valence-electron chi connectivity index (χ2n) is 6.93. The monoisotopic (exact) mass is 474 g/mol. The molecule has 148 valence electrons. The van der Waals surface area contributed by atoms with Crippen LogP contribution in [0.2, 0.25) is 0 Å². The van der Waals surface area contributed by atoms with Crippen LogP contribution in [-0.4, -0.2) is 63.3 Å². The minimum atomic E-state index is 0. The maximum atomic E-state index is 5.48. The van der Waals surface area contributed by atoms with Crippen molar-refractivity contribution in [2.75, 3.05) is 46.4 Å². The first-order valence-electron chi connectivity index (χ1n) is 9.51. The average molecular weight is 474 g/mol. The number of aryl methyl sites for hydroxylation is 1. The van der Waals surface area contributed by atoms with E-state index in [0.29, 0.717) is 12.0 Å². The van der Waals surface area contributed by atoms with E-state index in [4.69, 9.17) is 4.74 Å². The third-order valence-electron chi connectivity index (χ3n) is 4.76. The molecule has 1 aromatic rings. The van der Waals surface area contributed by atoms with Crippen LogP contribution in [-0.2, 0) is 11.2 Å². The highest BCUT2D eigenvalue weighted by atomic mass is 127. The summed E-state index contributed by atoms with van der Waals surface area (Å²) in [5.74, 6) is 1.49. The summed E-state index contributed by atoms with van der Waals surface area (Å²) < 4.78 is 5.48. The van der Waals surface area contributed by atoms with Crippen LogP contribution in [0, 0.1) is 5.92 Å². The first kappa shape index (κ1) is 23.2. The van der Waals surface area contributed by atoms with E-state index in [1.165, 1.54) is 5.56 Å². The van der Waals surface area contributed by atoms with Crippen LogP contribution in [0.4, 0.5) is 0 Å².